The minimum absolute atomic E-state index is 0.155. The quantitative estimate of drug-likeness (QED) is 0.786. The van der Waals surface area contributed by atoms with Gasteiger partial charge in [0, 0.05) is 12.0 Å². The first-order valence-corrected chi connectivity index (χ1v) is 7.68. The number of aryl methyl sites for hydroxylation is 1. The van der Waals surface area contributed by atoms with E-state index in [1.807, 2.05) is 19.1 Å². The SMILES string of the molecule is COC(=O)[C@H](Cc1ccc(C(=O)O)cc1)NC(=O)c1ccc(C)cc1. The first-order chi connectivity index (χ1) is 11.9. The first-order valence-electron chi connectivity index (χ1n) is 7.68. The van der Waals surface area contributed by atoms with Gasteiger partial charge in [-0.15, -0.1) is 0 Å². The van der Waals surface area contributed by atoms with E-state index in [0.717, 1.165) is 5.56 Å². The van der Waals surface area contributed by atoms with E-state index in [4.69, 9.17) is 9.84 Å². The third kappa shape index (κ3) is 4.91. The number of nitrogens with one attached hydrogen (secondary N) is 1. The van der Waals surface area contributed by atoms with Gasteiger partial charge in [0.2, 0.25) is 0 Å². The van der Waals surface area contributed by atoms with Crippen LogP contribution in [0.15, 0.2) is 48.5 Å². The van der Waals surface area contributed by atoms with Crippen molar-refractivity contribution in [2.24, 2.45) is 0 Å². The lowest BCUT2D eigenvalue weighted by Gasteiger charge is -2.17. The van der Waals surface area contributed by atoms with Crippen LogP contribution in [0.1, 0.15) is 31.8 Å². The summed E-state index contributed by atoms with van der Waals surface area (Å²) < 4.78 is 4.75. The van der Waals surface area contributed by atoms with E-state index in [2.05, 4.69) is 5.32 Å². The number of benzene rings is 2. The van der Waals surface area contributed by atoms with E-state index < -0.39 is 18.0 Å². The molecule has 0 saturated carbocycles. The molecule has 0 spiro atoms. The molecule has 0 aliphatic heterocycles. The summed E-state index contributed by atoms with van der Waals surface area (Å²) in [5, 5.41) is 11.6. The van der Waals surface area contributed by atoms with Crippen LogP contribution in [0.2, 0.25) is 0 Å². The monoisotopic (exact) mass is 341 g/mol. The Bertz CT molecular complexity index is 765. The number of carbonyl (C=O) groups is 3. The number of esters is 1. The predicted octanol–water partition coefficient (Wildman–Crippen LogP) is 2.21. The fourth-order valence-electron chi connectivity index (χ4n) is 2.30. The number of hydrogen-bond acceptors (Lipinski definition) is 4. The largest absolute Gasteiger partial charge is 0.478 e. The van der Waals surface area contributed by atoms with Crippen molar-refractivity contribution in [1.82, 2.24) is 5.32 Å². The van der Waals surface area contributed by atoms with E-state index in [-0.39, 0.29) is 17.9 Å². The highest BCUT2D eigenvalue weighted by Crippen LogP contribution is 2.10. The number of carboxylic acid groups (broad SMARTS) is 1. The summed E-state index contributed by atoms with van der Waals surface area (Å²) in [5.41, 5.74) is 2.34. The lowest BCUT2D eigenvalue weighted by atomic mass is 10.0. The molecule has 130 valence electrons. The number of rotatable bonds is 6. The van der Waals surface area contributed by atoms with E-state index in [9.17, 15) is 14.4 Å². The van der Waals surface area contributed by atoms with Crippen molar-refractivity contribution in [2.75, 3.05) is 7.11 Å². The Morgan fingerprint density at radius 3 is 2.08 bits per heavy atom. The summed E-state index contributed by atoms with van der Waals surface area (Å²) in [5.74, 6) is -1.97. The Balaban J connectivity index is 2.13. The average molecular weight is 341 g/mol. The molecule has 0 bridgehead atoms. The fraction of sp³-hybridized carbons (Fsp3) is 0.211. The van der Waals surface area contributed by atoms with Crippen molar-refractivity contribution >= 4 is 17.8 Å². The Labute approximate surface area is 145 Å². The van der Waals surface area contributed by atoms with Crippen molar-refractivity contribution in [3.63, 3.8) is 0 Å². The second-order valence-corrected chi connectivity index (χ2v) is 5.62. The van der Waals surface area contributed by atoms with Crippen LogP contribution < -0.4 is 5.32 Å². The Morgan fingerprint density at radius 2 is 1.56 bits per heavy atom. The highest BCUT2D eigenvalue weighted by atomic mass is 16.5. The molecule has 1 atom stereocenters. The maximum Gasteiger partial charge on any atom is 0.335 e. The van der Waals surface area contributed by atoms with E-state index in [1.54, 1.807) is 24.3 Å². The number of ether oxygens (including phenoxy) is 1. The second kappa shape index (κ2) is 8.10. The number of aromatic carboxylic acids is 1. The summed E-state index contributed by atoms with van der Waals surface area (Å²) in [6, 6.07) is 12.2. The minimum Gasteiger partial charge on any atom is -0.478 e. The summed E-state index contributed by atoms with van der Waals surface area (Å²) in [4.78, 5) is 35.2. The lowest BCUT2D eigenvalue weighted by Crippen LogP contribution is -2.43. The van der Waals surface area contributed by atoms with Crippen LogP contribution in [0.4, 0.5) is 0 Å². The van der Waals surface area contributed by atoms with Crippen LogP contribution in [-0.4, -0.2) is 36.1 Å². The van der Waals surface area contributed by atoms with Gasteiger partial charge >= 0.3 is 11.9 Å². The molecule has 0 aliphatic carbocycles. The van der Waals surface area contributed by atoms with Crippen LogP contribution in [-0.2, 0) is 16.0 Å². The van der Waals surface area contributed by atoms with Gasteiger partial charge in [0.05, 0.1) is 12.7 Å². The highest BCUT2D eigenvalue weighted by molar-refractivity contribution is 5.96. The van der Waals surface area contributed by atoms with Gasteiger partial charge in [0.15, 0.2) is 0 Å². The zero-order valence-corrected chi connectivity index (χ0v) is 14.0. The molecular formula is C19H19NO5. The van der Waals surface area contributed by atoms with Gasteiger partial charge in [0.1, 0.15) is 6.04 Å². The molecule has 2 N–H and O–H groups in total. The first kappa shape index (κ1) is 18.2. The summed E-state index contributed by atoms with van der Waals surface area (Å²) in [6.07, 6.45) is 0.199. The number of methoxy groups -OCH3 is 1. The zero-order valence-electron chi connectivity index (χ0n) is 14.0. The van der Waals surface area contributed by atoms with Gasteiger partial charge in [0.25, 0.3) is 5.91 Å². The average Bonchev–Trinajstić information content (AvgIpc) is 2.61. The zero-order chi connectivity index (χ0) is 18.4. The van der Waals surface area contributed by atoms with Gasteiger partial charge in [-0.05, 0) is 36.8 Å². The predicted molar refractivity (Wildman–Crippen MR) is 91.6 cm³/mol. The topological polar surface area (TPSA) is 92.7 Å². The van der Waals surface area contributed by atoms with E-state index in [0.29, 0.717) is 11.1 Å². The van der Waals surface area contributed by atoms with Crippen LogP contribution in [0.25, 0.3) is 0 Å². The molecule has 0 aliphatic rings. The molecule has 2 aromatic carbocycles. The number of hydrogen-bond donors (Lipinski definition) is 2. The second-order valence-electron chi connectivity index (χ2n) is 5.62. The molecule has 0 fully saturated rings. The molecule has 25 heavy (non-hydrogen) atoms. The molecule has 0 radical (unpaired) electrons. The van der Waals surface area contributed by atoms with Crippen LogP contribution in [0.3, 0.4) is 0 Å². The van der Waals surface area contributed by atoms with Crippen LogP contribution >= 0.6 is 0 Å². The van der Waals surface area contributed by atoms with Crippen LogP contribution in [0, 0.1) is 6.92 Å². The lowest BCUT2D eigenvalue weighted by molar-refractivity contribution is -0.142. The smallest absolute Gasteiger partial charge is 0.335 e. The van der Waals surface area contributed by atoms with Gasteiger partial charge in [-0.2, -0.15) is 0 Å². The van der Waals surface area contributed by atoms with Crippen LogP contribution in [0.5, 0.6) is 0 Å². The Morgan fingerprint density at radius 1 is 1.00 bits per heavy atom. The molecular weight excluding hydrogens is 322 g/mol. The molecule has 6 heteroatoms. The van der Waals surface area contributed by atoms with Gasteiger partial charge in [-0.3, -0.25) is 4.79 Å². The molecule has 0 aromatic heterocycles. The molecule has 2 aromatic rings. The molecule has 0 saturated heterocycles. The van der Waals surface area contributed by atoms with Crippen molar-refractivity contribution in [2.45, 2.75) is 19.4 Å². The third-order valence-electron chi connectivity index (χ3n) is 3.75. The fourth-order valence-corrected chi connectivity index (χ4v) is 2.30. The van der Waals surface area contributed by atoms with Crippen molar-refractivity contribution in [3.8, 4) is 0 Å². The third-order valence-corrected chi connectivity index (χ3v) is 3.75. The number of amides is 1. The number of carboxylic acids is 1. The standard InChI is InChI=1S/C19H19NO5/c1-12-3-7-14(8-4-12)17(21)20-16(19(24)25-2)11-13-5-9-15(10-6-13)18(22)23/h3-10,16H,11H2,1-2H3,(H,20,21)(H,22,23)/t16-/m0/s1. The van der Waals surface area contributed by atoms with Crippen molar-refractivity contribution < 1.29 is 24.2 Å². The molecule has 0 heterocycles. The summed E-state index contributed by atoms with van der Waals surface area (Å²) >= 11 is 0. The van der Waals surface area contributed by atoms with Gasteiger partial charge < -0.3 is 15.2 Å². The molecule has 6 nitrogen and oxygen atoms in total. The molecule has 1 amide bonds. The normalized spacial score (nSPS) is 11.4. The maximum absolute atomic E-state index is 12.3. The molecule has 0 unspecified atom stereocenters. The Kier molecular flexibility index (Phi) is 5.89. The van der Waals surface area contributed by atoms with E-state index >= 15 is 0 Å². The Hall–Kier alpha value is -3.15. The maximum atomic E-state index is 12.3. The van der Waals surface area contributed by atoms with E-state index in [1.165, 1.54) is 19.2 Å². The van der Waals surface area contributed by atoms with Gasteiger partial charge in [-0.25, -0.2) is 9.59 Å². The summed E-state index contributed by atoms with van der Waals surface area (Å²) in [6.45, 7) is 1.92. The molecule has 2 rings (SSSR count). The summed E-state index contributed by atoms with van der Waals surface area (Å²) in [7, 11) is 1.25. The van der Waals surface area contributed by atoms with Gasteiger partial charge in [-0.1, -0.05) is 29.8 Å². The number of carbonyl (C=O) groups excluding carboxylic acids is 2. The van der Waals surface area contributed by atoms with Crippen molar-refractivity contribution in [1.29, 1.82) is 0 Å². The van der Waals surface area contributed by atoms with Crippen molar-refractivity contribution in [3.05, 3.63) is 70.8 Å². The minimum atomic E-state index is -1.02. The highest BCUT2D eigenvalue weighted by Gasteiger charge is 2.22.